The molecule has 4 N–H and O–H groups in total. The molecule has 0 saturated heterocycles. The minimum atomic E-state index is -1.08. The van der Waals surface area contributed by atoms with Crippen LogP contribution in [0.15, 0.2) is 24.3 Å². The van der Waals surface area contributed by atoms with Crippen LogP contribution in [0.25, 0.3) is 0 Å². The average Bonchev–Trinajstić information content (AvgIpc) is 2.58. The fourth-order valence-corrected chi connectivity index (χ4v) is 2.35. The number of nitrogens with two attached hydrogens (primary N) is 1. The fourth-order valence-electron chi connectivity index (χ4n) is 1.88. The first kappa shape index (κ1) is 20.3. The van der Waals surface area contributed by atoms with E-state index in [1.54, 1.807) is 18.2 Å². The molecule has 1 aromatic rings. The van der Waals surface area contributed by atoms with Crippen molar-refractivity contribution in [1.82, 2.24) is 5.32 Å². The van der Waals surface area contributed by atoms with Gasteiger partial charge in [0, 0.05) is 5.69 Å². The van der Waals surface area contributed by atoms with Crippen molar-refractivity contribution in [3.8, 4) is 6.07 Å². The van der Waals surface area contributed by atoms with Crippen molar-refractivity contribution < 1.29 is 19.1 Å². The van der Waals surface area contributed by atoms with Gasteiger partial charge in [-0.25, -0.2) is 9.59 Å². The van der Waals surface area contributed by atoms with E-state index in [2.05, 4.69) is 10.6 Å². The number of nitriles is 1. The molecule has 0 bridgehead atoms. The molecule has 2 atom stereocenters. The molecule has 0 heterocycles. The Bertz CT molecular complexity index is 674. The molecule has 9 heteroatoms. The van der Waals surface area contributed by atoms with Crippen LogP contribution in [-0.4, -0.2) is 42.1 Å². The molecule has 0 aliphatic carbocycles. The monoisotopic (exact) mass is 364 g/mol. The number of carbonyl (C=O) groups is 3. The molecule has 1 rings (SSSR count). The summed E-state index contributed by atoms with van der Waals surface area (Å²) in [6.45, 7) is 1.41. The van der Waals surface area contributed by atoms with Crippen molar-refractivity contribution in [2.75, 3.05) is 17.3 Å². The quantitative estimate of drug-likeness (QED) is 0.594. The van der Waals surface area contributed by atoms with Crippen LogP contribution in [0.5, 0.6) is 0 Å². The minimum absolute atomic E-state index is 0.335. The first-order valence-corrected chi connectivity index (χ1v) is 8.83. The maximum Gasteiger partial charge on any atom is 0.329 e. The molecule has 0 saturated carbocycles. The number of amides is 3. The summed E-state index contributed by atoms with van der Waals surface area (Å²) in [7, 11) is 0. The van der Waals surface area contributed by atoms with Gasteiger partial charge in [-0.3, -0.25) is 4.79 Å². The maximum atomic E-state index is 12.1. The Morgan fingerprint density at radius 2 is 2.12 bits per heavy atom. The van der Waals surface area contributed by atoms with Crippen LogP contribution in [0.4, 0.5) is 10.5 Å². The van der Waals surface area contributed by atoms with E-state index in [4.69, 9.17) is 15.7 Å². The van der Waals surface area contributed by atoms with Gasteiger partial charge in [-0.05, 0) is 43.6 Å². The topological polar surface area (TPSA) is 134 Å². The molecule has 0 unspecified atom stereocenters. The van der Waals surface area contributed by atoms with Crippen LogP contribution in [0, 0.1) is 11.3 Å². The van der Waals surface area contributed by atoms with Crippen molar-refractivity contribution in [3.05, 3.63) is 29.8 Å². The predicted molar refractivity (Wildman–Crippen MR) is 94.8 cm³/mol. The molecular formula is C16H20N4O4S. The SMILES string of the molecule is CSCC[C@@H](NC(N)=O)C(=O)O[C@H](C)C(=O)Nc1cccc(C#N)c1. The molecule has 0 aliphatic heterocycles. The van der Waals surface area contributed by atoms with E-state index in [0.717, 1.165) is 0 Å². The van der Waals surface area contributed by atoms with Crippen molar-refractivity contribution in [2.45, 2.75) is 25.5 Å². The van der Waals surface area contributed by atoms with Crippen molar-refractivity contribution >= 4 is 35.4 Å². The van der Waals surface area contributed by atoms with E-state index < -0.39 is 30.1 Å². The van der Waals surface area contributed by atoms with Gasteiger partial charge in [0.15, 0.2) is 6.10 Å². The summed E-state index contributed by atoms with van der Waals surface area (Å²) in [6.07, 6.45) is 1.12. The molecule has 25 heavy (non-hydrogen) atoms. The van der Waals surface area contributed by atoms with Gasteiger partial charge in [-0.15, -0.1) is 0 Å². The molecule has 0 spiro atoms. The van der Waals surface area contributed by atoms with Crippen molar-refractivity contribution in [2.24, 2.45) is 5.73 Å². The number of nitrogens with one attached hydrogen (secondary N) is 2. The van der Waals surface area contributed by atoms with Gasteiger partial charge >= 0.3 is 12.0 Å². The Balaban J connectivity index is 2.66. The van der Waals surface area contributed by atoms with Crippen LogP contribution in [0.3, 0.4) is 0 Å². The van der Waals surface area contributed by atoms with E-state index in [0.29, 0.717) is 23.4 Å². The van der Waals surface area contributed by atoms with Crippen molar-refractivity contribution in [3.63, 3.8) is 0 Å². The predicted octanol–water partition coefficient (Wildman–Crippen LogP) is 1.22. The van der Waals surface area contributed by atoms with Crippen LogP contribution >= 0.6 is 11.8 Å². The average molecular weight is 364 g/mol. The zero-order valence-corrected chi connectivity index (χ0v) is 14.8. The Kier molecular flexibility index (Phi) is 8.29. The summed E-state index contributed by atoms with van der Waals surface area (Å²) in [5, 5.41) is 13.7. The van der Waals surface area contributed by atoms with E-state index >= 15 is 0 Å². The van der Waals surface area contributed by atoms with Gasteiger partial charge in [0.2, 0.25) is 0 Å². The number of esters is 1. The fraction of sp³-hybridized carbons (Fsp3) is 0.375. The largest absolute Gasteiger partial charge is 0.451 e. The number of nitrogens with zero attached hydrogens (tertiary/aromatic N) is 1. The summed E-state index contributed by atoms with van der Waals surface area (Å²) in [5.74, 6) is -0.672. The number of hydrogen-bond donors (Lipinski definition) is 3. The highest BCUT2D eigenvalue weighted by Crippen LogP contribution is 2.11. The molecule has 0 fully saturated rings. The van der Waals surface area contributed by atoms with E-state index in [1.807, 2.05) is 12.3 Å². The summed E-state index contributed by atoms with van der Waals surface area (Å²) < 4.78 is 5.11. The molecule has 8 nitrogen and oxygen atoms in total. The lowest BCUT2D eigenvalue weighted by Crippen LogP contribution is -2.46. The molecule has 0 radical (unpaired) electrons. The molecule has 3 amide bonds. The lowest BCUT2D eigenvalue weighted by Gasteiger charge is -2.19. The molecule has 1 aromatic carbocycles. The summed E-state index contributed by atoms with van der Waals surface area (Å²) in [5.41, 5.74) is 5.86. The zero-order valence-electron chi connectivity index (χ0n) is 13.9. The second kappa shape index (κ2) is 10.2. The summed E-state index contributed by atoms with van der Waals surface area (Å²) in [6, 6.07) is 6.55. The molecule has 0 aliphatic rings. The number of urea groups is 1. The third kappa shape index (κ3) is 7.14. The normalized spacial score (nSPS) is 12.4. The second-order valence-electron chi connectivity index (χ2n) is 5.10. The number of benzene rings is 1. The van der Waals surface area contributed by atoms with Gasteiger partial charge in [0.25, 0.3) is 5.91 Å². The first-order chi connectivity index (χ1) is 11.9. The van der Waals surface area contributed by atoms with Crippen LogP contribution in [-0.2, 0) is 14.3 Å². The van der Waals surface area contributed by atoms with Gasteiger partial charge < -0.3 is 21.1 Å². The lowest BCUT2D eigenvalue weighted by atomic mass is 10.2. The third-order valence-electron chi connectivity index (χ3n) is 3.13. The number of thioether (sulfide) groups is 1. The van der Waals surface area contributed by atoms with E-state index in [-0.39, 0.29) is 0 Å². The smallest absolute Gasteiger partial charge is 0.329 e. The number of anilines is 1. The van der Waals surface area contributed by atoms with Crippen LogP contribution < -0.4 is 16.4 Å². The number of carbonyl (C=O) groups excluding carboxylic acids is 3. The molecule has 134 valence electrons. The highest BCUT2D eigenvalue weighted by molar-refractivity contribution is 7.98. The van der Waals surface area contributed by atoms with Crippen LogP contribution in [0.1, 0.15) is 18.9 Å². The van der Waals surface area contributed by atoms with Gasteiger partial charge in [-0.1, -0.05) is 6.07 Å². The molecular weight excluding hydrogens is 344 g/mol. The number of hydrogen-bond acceptors (Lipinski definition) is 6. The van der Waals surface area contributed by atoms with Crippen molar-refractivity contribution in [1.29, 1.82) is 5.26 Å². The highest BCUT2D eigenvalue weighted by atomic mass is 32.2. The van der Waals surface area contributed by atoms with Crippen LogP contribution in [0.2, 0.25) is 0 Å². The highest BCUT2D eigenvalue weighted by Gasteiger charge is 2.25. The Hall–Kier alpha value is -2.73. The Morgan fingerprint density at radius 3 is 2.72 bits per heavy atom. The Morgan fingerprint density at radius 1 is 1.40 bits per heavy atom. The summed E-state index contributed by atoms with van der Waals surface area (Å²) >= 11 is 1.50. The second-order valence-corrected chi connectivity index (χ2v) is 6.09. The summed E-state index contributed by atoms with van der Waals surface area (Å²) in [4.78, 5) is 35.2. The number of rotatable bonds is 8. The van der Waals surface area contributed by atoms with Gasteiger partial charge in [-0.2, -0.15) is 17.0 Å². The number of ether oxygens (including phenoxy) is 1. The molecule has 0 aromatic heterocycles. The Labute approximate surface area is 150 Å². The maximum absolute atomic E-state index is 12.1. The van der Waals surface area contributed by atoms with Gasteiger partial charge in [0.1, 0.15) is 6.04 Å². The lowest BCUT2D eigenvalue weighted by molar-refractivity contribution is -0.155. The third-order valence-corrected chi connectivity index (χ3v) is 3.78. The van der Waals surface area contributed by atoms with E-state index in [1.165, 1.54) is 24.8 Å². The van der Waals surface area contributed by atoms with Gasteiger partial charge in [0.05, 0.1) is 11.6 Å². The first-order valence-electron chi connectivity index (χ1n) is 7.43. The minimum Gasteiger partial charge on any atom is -0.451 e. The standard InChI is InChI=1S/C16H20N4O4S/c1-10(14(21)19-12-5-3-4-11(8-12)9-17)24-15(22)13(6-7-25-2)20-16(18)23/h3-5,8,10,13H,6-7H2,1-2H3,(H,19,21)(H3,18,20,23)/t10-,13-/m1/s1. The zero-order chi connectivity index (χ0) is 18.8. The number of primary amides is 1. The van der Waals surface area contributed by atoms with E-state index in [9.17, 15) is 14.4 Å².